The van der Waals surface area contributed by atoms with Gasteiger partial charge in [0.1, 0.15) is 11.9 Å². The lowest BCUT2D eigenvalue weighted by molar-refractivity contribution is -0.130. The van der Waals surface area contributed by atoms with E-state index in [4.69, 9.17) is 9.47 Å². The summed E-state index contributed by atoms with van der Waals surface area (Å²) < 4.78 is 10.6. The van der Waals surface area contributed by atoms with E-state index in [0.717, 1.165) is 11.3 Å². The van der Waals surface area contributed by atoms with Gasteiger partial charge in [-0.15, -0.1) is 0 Å². The van der Waals surface area contributed by atoms with Crippen molar-refractivity contribution < 1.29 is 19.1 Å². The third kappa shape index (κ3) is 2.76. The monoisotopic (exact) mass is 431 g/mol. The first kappa shape index (κ1) is 15.8. The number of halogens is 2. The summed E-state index contributed by atoms with van der Waals surface area (Å²) in [5.74, 6) is 0.125. The van der Waals surface area contributed by atoms with Crippen molar-refractivity contribution in [3.8, 4) is 5.75 Å². The number of methoxy groups -OCH3 is 1. The van der Waals surface area contributed by atoms with Crippen LogP contribution in [0.5, 0.6) is 5.75 Å². The third-order valence-corrected chi connectivity index (χ3v) is 5.67. The van der Waals surface area contributed by atoms with Crippen molar-refractivity contribution in [2.75, 3.05) is 12.0 Å². The number of carbonyl (C=O) groups is 2. The second-order valence-corrected chi connectivity index (χ2v) is 7.88. The molecule has 5 nitrogen and oxygen atoms in total. The molecular formula is C15H15Br2NO4. The molecule has 3 rings (SSSR count). The first-order valence-electron chi connectivity index (χ1n) is 6.98. The molecule has 1 aromatic rings. The number of anilines is 1. The van der Waals surface area contributed by atoms with E-state index in [-0.39, 0.29) is 21.5 Å². The zero-order valence-corrected chi connectivity index (χ0v) is 15.0. The predicted molar refractivity (Wildman–Crippen MR) is 88.9 cm³/mol. The van der Waals surface area contributed by atoms with Crippen molar-refractivity contribution in [2.24, 2.45) is 5.92 Å². The lowest BCUT2D eigenvalue weighted by Crippen LogP contribution is -2.57. The molecule has 4 atom stereocenters. The summed E-state index contributed by atoms with van der Waals surface area (Å²) in [6.45, 7) is 0. The summed E-state index contributed by atoms with van der Waals surface area (Å²) in [5.41, 5.74) is 0.497. The Bertz CT molecular complexity index is 592. The molecule has 2 fully saturated rings. The van der Waals surface area contributed by atoms with Crippen molar-refractivity contribution in [1.29, 1.82) is 0 Å². The molecule has 0 aromatic heterocycles. The van der Waals surface area contributed by atoms with Gasteiger partial charge in [0.15, 0.2) is 0 Å². The second kappa shape index (κ2) is 6.20. The van der Waals surface area contributed by atoms with Crippen LogP contribution >= 0.6 is 31.9 Å². The van der Waals surface area contributed by atoms with Crippen LogP contribution in [-0.2, 0) is 9.53 Å². The van der Waals surface area contributed by atoms with Crippen LogP contribution in [0.2, 0.25) is 0 Å². The van der Waals surface area contributed by atoms with Gasteiger partial charge < -0.3 is 9.47 Å². The first-order valence-corrected chi connectivity index (χ1v) is 8.81. The number of hydrogen-bond donors (Lipinski definition) is 0. The Morgan fingerprint density at radius 3 is 2.50 bits per heavy atom. The Balaban J connectivity index is 1.89. The highest BCUT2D eigenvalue weighted by Gasteiger charge is 2.49. The number of alkyl halides is 2. The van der Waals surface area contributed by atoms with Crippen LogP contribution in [0.1, 0.15) is 12.8 Å². The van der Waals surface area contributed by atoms with E-state index in [1.807, 2.05) is 0 Å². The Kier molecular flexibility index (Phi) is 4.45. The topological polar surface area (TPSA) is 55.8 Å². The van der Waals surface area contributed by atoms with Crippen LogP contribution in [0.4, 0.5) is 10.5 Å². The molecule has 1 heterocycles. The Morgan fingerprint density at radius 2 is 1.86 bits per heavy atom. The van der Waals surface area contributed by atoms with Crippen LogP contribution < -0.4 is 9.64 Å². The number of benzene rings is 1. The average Bonchev–Trinajstić information content (AvgIpc) is 2.49. The molecule has 0 spiro atoms. The fraction of sp³-hybridized carbons (Fsp3) is 0.467. The molecule has 1 aromatic carbocycles. The molecule has 2 amide bonds. The van der Waals surface area contributed by atoms with Crippen molar-refractivity contribution in [3.05, 3.63) is 24.3 Å². The zero-order chi connectivity index (χ0) is 15.9. The molecule has 22 heavy (non-hydrogen) atoms. The molecule has 1 saturated heterocycles. The Hall–Kier alpha value is -1.08. The van der Waals surface area contributed by atoms with E-state index in [0.29, 0.717) is 17.9 Å². The summed E-state index contributed by atoms with van der Waals surface area (Å²) >= 11 is 7.10. The number of carbonyl (C=O) groups excluding carboxylic acids is 2. The molecule has 7 heteroatoms. The van der Waals surface area contributed by atoms with Gasteiger partial charge in [-0.25, -0.2) is 9.69 Å². The van der Waals surface area contributed by atoms with Crippen molar-refractivity contribution >= 4 is 49.5 Å². The summed E-state index contributed by atoms with van der Waals surface area (Å²) in [6, 6.07) is 6.78. The van der Waals surface area contributed by atoms with E-state index in [2.05, 4.69) is 31.9 Å². The fourth-order valence-corrected chi connectivity index (χ4v) is 5.16. The van der Waals surface area contributed by atoms with E-state index < -0.39 is 12.2 Å². The van der Waals surface area contributed by atoms with Crippen molar-refractivity contribution in [3.63, 3.8) is 0 Å². The van der Waals surface area contributed by atoms with E-state index in [1.54, 1.807) is 31.4 Å². The number of nitrogens with zero attached hydrogens (tertiary/aromatic N) is 1. The van der Waals surface area contributed by atoms with Gasteiger partial charge in [0.25, 0.3) is 0 Å². The maximum atomic E-state index is 12.8. The van der Waals surface area contributed by atoms with Gasteiger partial charge >= 0.3 is 6.09 Å². The first-order chi connectivity index (χ1) is 10.5. The van der Waals surface area contributed by atoms with Crippen molar-refractivity contribution in [1.82, 2.24) is 0 Å². The highest BCUT2D eigenvalue weighted by Crippen LogP contribution is 2.40. The number of rotatable bonds is 2. The molecule has 1 saturated carbocycles. The summed E-state index contributed by atoms with van der Waals surface area (Å²) in [4.78, 5) is 26.4. The highest BCUT2D eigenvalue weighted by atomic mass is 79.9. The molecule has 118 valence electrons. The lowest BCUT2D eigenvalue weighted by Gasteiger charge is -2.42. The van der Waals surface area contributed by atoms with Gasteiger partial charge in [-0.2, -0.15) is 0 Å². The van der Waals surface area contributed by atoms with E-state index >= 15 is 0 Å². The van der Waals surface area contributed by atoms with Gasteiger partial charge in [0.05, 0.1) is 23.5 Å². The number of hydrogen-bond acceptors (Lipinski definition) is 4. The van der Waals surface area contributed by atoms with Gasteiger partial charge in [-0.3, -0.25) is 4.79 Å². The van der Waals surface area contributed by atoms with Crippen LogP contribution in [-0.4, -0.2) is 34.9 Å². The maximum absolute atomic E-state index is 12.8. The molecule has 1 aliphatic heterocycles. The molecule has 2 aliphatic rings. The molecule has 0 N–H and O–H groups in total. The van der Waals surface area contributed by atoms with Gasteiger partial charge in [0.2, 0.25) is 5.91 Å². The molecule has 0 bridgehead atoms. The number of amides is 2. The highest BCUT2D eigenvalue weighted by molar-refractivity contribution is 9.10. The average molecular weight is 433 g/mol. The largest absolute Gasteiger partial charge is 0.497 e. The predicted octanol–water partition coefficient (Wildman–Crippen LogP) is 3.48. The molecule has 1 aliphatic carbocycles. The summed E-state index contributed by atoms with van der Waals surface area (Å²) in [5, 5.41) is 0. The Labute approximate surface area is 145 Å². The van der Waals surface area contributed by atoms with Gasteiger partial charge in [-0.05, 0) is 37.1 Å². The number of imide groups is 1. The SMILES string of the molecule is COc1ccc(N2C(=O)OC3C(Br)CC(Br)CC3C2=O)cc1. The quantitative estimate of drug-likeness (QED) is 0.671. The van der Waals surface area contributed by atoms with Crippen LogP contribution in [0.15, 0.2) is 24.3 Å². The minimum Gasteiger partial charge on any atom is -0.497 e. The van der Waals surface area contributed by atoms with Crippen LogP contribution in [0, 0.1) is 5.92 Å². The van der Waals surface area contributed by atoms with E-state index in [1.165, 1.54) is 0 Å². The maximum Gasteiger partial charge on any atom is 0.421 e. The molecule has 0 radical (unpaired) electrons. The van der Waals surface area contributed by atoms with Crippen LogP contribution in [0.3, 0.4) is 0 Å². The minimum atomic E-state index is -0.617. The minimum absolute atomic E-state index is 0.0125. The van der Waals surface area contributed by atoms with Crippen LogP contribution in [0.25, 0.3) is 0 Å². The number of fused-ring (bicyclic) bond motifs is 1. The lowest BCUT2D eigenvalue weighted by atomic mass is 9.84. The second-order valence-electron chi connectivity index (χ2n) is 5.41. The standard InChI is InChI=1S/C15H15Br2NO4/c1-21-10-4-2-9(3-5-10)18-14(19)11-6-8(16)7-12(17)13(11)22-15(18)20/h2-5,8,11-13H,6-7H2,1H3. The molecule has 4 unspecified atom stereocenters. The zero-order valence-electron chi connectivity index (χ0n) is 11.9. The molecular weight excluding hydrogens is 418 g/mol. The third-order valence-electron chi connectivity index (χ3n) is 4.03. The van der Waals surface area contributed by atoms with Crippen molar-refractivity contribution in [2.45, 2.75) is 28.6 Å². The Morgan fingerprint density at radius 1 is 1.18 bits per heavy atom. The van der Waals surface area contributed by atoms with Gasteiger partial charge in [-0.1, -0.05) is 31.9 Å². The number of ether oxygens (including phenoxy) is 2. The fourth-order valence-electron chi connectivity index (χ4n) is 2.92. The summed E-state index contributed by atoms with van der Waals surface area (Å²) in [6.07, 6.45) is 0.465. The normalized spacial score (nSPS) is 31.5. The van der Waals surface area contributed by atoms with E-state index in [9.17, 15) is 9.59 Å². The van der Waals surface area contributed by atoms with Gasteiger partial charge in [0, 0.05) is 4.83 Å². The summed E-state index contributed by atoms with van der Waals surface area (Å²) in [7, 11) is 1.56. The smallest absolute Gasteiger partial charge is 0.421 e.